The molecule has 132 valence electrons. The van der Waals surface area contributed by atoms with Gasteiger partial charge in [0, 0.05) is 45.2 Å². The Morgan fingerprint density at radius 3 is 2.88 bits per heavy atom. The van der Waals surface area contributed by atoms with Gasteiger partial charge in [-0.05, 0) is 19.3 Å². The Bertz CT molecular complexity index is 590. The lowest BCUT2D eigenvalue weighted by molar-refractivity contribution is -0.143. The second-order valence-electron chi connectivity index (χ2n) is 7.15. The summed E-state index contributed by atoms with van der Waals surface area (Å²) in [6, 6.07) is 0.469. The standard InChI is InChI=1S/C17H27N5O2/c1-2-15-18-19-16-12-20(6-7-22(15)16)13-10-21(11-13)17(23)9-14-5-3-4-8-24-14/h13-14H,2-12H2,1H3/t14-/m0/s1. The molecule has 0 N–H and O–H groups in total. The van der Waals surface area contributed by atoms with Crippen LogP contribution in [0.1, 0.15) is 44.3 Å². The molecule has 1 aromatic rings. The van der Waals surface area contributed by atoms with Gasteiger partial charge in [-0.3, -0.25) is 9.69 Å². The number of hydrogen-bond acceptors (Lipinski definition) is 5. The van der Waals surface area contributed by atoms with Crippen molar-refractivity contribution in [3.05, 3.63) is 11.6 Å². The number of fused-ring (bicyclic) bond motifs is 1. The van der Waals surface area contributed by atoms with Crippen LogP contribution in [0.3, 0.4) is 0 Å². The lowest BCUT2D eigenvalue weighted by Gasteiger charge is -2.46. The molecule has 4 heterocycles. The SMILES string of the molecule is CCc1nnc2n1CCN(C1CN(C(=O)C[C@@H]3CCCCO3)C1)C2. The first-order chi connectivity index (χ1) is 11.7. The molecule has 0 saturated carbocycles. The van der Waals surface area contributed by atoms with Gasteiger partial charge in [0.15, 0.2) is 0 Å². The highest BCUT2D eigenvalue weighted by atomic mass is 16.5. The minimum Gasteiger partial charge on any atom is -0.378 e. The van der Waals surface area contributed by atoms with Crippen LogP contribution in [-0.2, 0) is 29.0 Å². The van der Waals surface area contributed by atoms with Crippen LogP contribution in [0.5, 0.6) is 0 Å². The first-order valence-corrected chi connectivity index (χ1v) is 9.29. The monoisotopic (exact) mass is 333 g/mol. The second-order valence-corrected chi connectivity index (χ2v) is 7.15. The van der Waals surface area contributed by atoms with E-state index in [1.165, 1.54) is 6.42 Å². The van der Waals surface area contributed by atoms with Crippen molar-refractivity contribution in [2.75, 3.05) is 26.2 Å². The molecule has 4 rings (SSSR count). The van der Waals surface area contributed by atoms with Crippen molar-refractivity contribution in [2.45, 2.75) is 64.3 Å². The molecule has 0 spiro atoms. The van der Waals surface area contributed by atoms with Crippen molar-refractivity contribution in [3.63, 3.8) is 0 Å². The zero-order valence-corrected chi connectivity index (χ0v) is 14.5. The van der Waals surface area contributed by atoms with E-state index < -0.39 is 0 Å². The zero-order chi connectivity index (χ0) is 16.5. The number of hydrogen-bond donors (Lipinski definition) is 0. The largest absolute Gasteiger partial charge is 0.378 e. The Labute approximate surface area is 143 Å². The molecule has 1 amide bonds. The third-order valence-corrected chi connectivity index (χ3v) is 5.58. The van der Waals surface area contributed by atoms with E-state index in [0.717, 1.165) is 70.2 Å². The van der Waals surface area contributed by atoms with Gasteiger partial charge in [-0.15, -0.1) is 10.2 Å². The predicted octanol–water partition coefficient (Wildman–Crippen LogP) is 0.826. The van der Waals surface area contributed by atoms with Gasteiger partial charge < -0.3 is 14.2 Å². The summed E-state index contributed by atoms with van der Waals surface area (Å²) >= 11 is 0. The van der Waals surface area contributed by atoms with Gasteiger partial charge >= 0.3 is 0 Å². The Balaban J connectivity index is 1.26. The summed E-state index contributed by atoms with van der Waals surface area (Å²) in [7, 11) is 0. The van der Waals surface area contributed by atoms with Crippen LogP contribution in [0.25, 0.3) is 0 Å². The molecule has 0 unspecified atom stereocenters. The van der Waals surface area contributed by atoms with Crippen molar-refractivity contribution in [1.82, 2.24) is 24.6 Å². The van der Waals surface area contributed by atoms with E-state index in [1.54, 1.807) is 0 Å². The van der Waals surface area contributed by atoms with Gasteiger partial charge in [0.2, 0.25) is 5.91 Å². The molecule has 7 nitrogen and oxygen atoms in total. The molecule has 3 aliphatic rings. The van der Waals surface area contributed by atoms with Crippen LogP contribution in [0.4, 0.5) is 0 Å². The zero-order valence-electron chi connectivity index (χ0n) is 14.5. The summed E-state index contributed by atoms with van der Waals surface area (Å²) in [5, 5.41) is 8.59. The van der Waals surface area contributed by atoms with E-state index in [2.05, 4.69) is 26.6 Å². The predicted molar refractivity (Wildman–Crippen MR) is 88.4 cm³/mol. The molecule has 1 aromatic heterocycles. The molecular weight excluding hydrogens is 306 g/mol. The number of nitrogens with zero attached hydrogens (tertiary/aromatic N) is 5. The van der Waals surface area contributed by atoms with Crippen LogP contribution < -0.4 is 0 Å². The minimum atomic E-state index is 0.145. The third kappa shape index (κ3) is 3.07. The van der Waals surface area contributed by atoms with Gasteiger partial charge in [-0.1, -0.05) is 6.92 Å². The Morgan fingerprint density at radius 2 is 2.12 bits per heavy atom. The summed E-state index contributed by atoms with van der Waals surface area (Å²) < 4.78 is 7.94. The maximum absolute atomic E-state index is 12.4. The van der Waals surface area contributed by atoms with Crippen LogP contribution in [0.15, 0.2) is 0 Å². The van der Waals surface area contributed by atoms with Gasteiger partial charge in [0.25, 0.3) is 0 Å². The number of aromatic nitrogens is 3. The molecule has 0 aromatic carbocycles. The lowest BCUT2D eigenvalue weighted by Crippen LogP contribution is -2.62. The number of amides is 1. The molecule has 7 heteroatoms. The van der Waals surface area contributed by atoms with E-state index in [1.807, 2.05) is 4.90 Å². The van der Waals surface area contributed by atoms with Crippen LogP contribution in [0.2, 0.25) is 0 Å². The average Bonchev–Trinajstić information content (AvgIpc) is 2.97. The summed E-state index contributed by atoms with van der Waals surface area (Å²) in [4.78, 5) is 16.8. The lowest BCUT2D eigenvalue weighted by atomic mass is 10.0. The Hall–Kier alpha value is -1.47. The Kier molecular flexibility index (Phi) is 4.54. The van der Waals surface area contributed by atoms with E-state index in [4.69, 9.17) is 4.74 Å². The van der Waals surface area contributed by atoms with Crippen molar-refractivity contribution in [1.29, 1.82) is 0 Å². The van der Waals surface area contributed by atoms with E-state index in [-0.39, 0.29) is 12.0 Å². The molecule has 2 saturated heterocycles. The highest BCUT2D eigenvalue weighted by Gasteiger charge is 2.37. The number of carbonyl (C=O) groups excluding carboxylic acids is 1. The second kappa shape index (κ2) is 6.80. The topological polar surface area (TPSA) is 63.5 Å². The molecule has 0 bridgehead atoms. The van der Waals surface area contributed by atoms with Crippen LogP contribution in [0, 0.1) is 0 Å². The number of aryl methyl sites for hydroxylation is 1. The summed E-state index contributed by atoms with van der Waals surface area (Å²) in [6.07, 6.45) is 4.99. The third-order valence-electron chi connectivity index (χ3n) is 5.58. The van der Waals surface area contributed by atoms with Gasteiger partial charge in [-0.2, -0.15) is 0 Å². The fraction of sp³-hybridized carbons (Fsp3) is 0.824. The van der Waals surface area contributed by atoms with Gasteiger partial charge in [0.1, 0.15) is 11.6 Å². The average molecular weight is 333 g/mol. The number of rotatable bonds is 4. The normalized spacial score (nSPS) is 25.4. The highest BCUT2D eigenvalue weighted by molar-refractivity contribution is 5.77. The first kappa shape index (κ1) is 16.0. The fourth-order valence-corrected chi connectivity index (χ4v) is 3.99. The highest BCUT2D eigenvalue weighted by Crippen LogP contribution is 2.23. The van der Waals surface area contributed by atoms with Crippen LogP contribution >= 0.6 is 0 Å². The first-order valence-electron chi connectivity index (χ1n) is 9.29. The van der Waals surface area contributed by atoms with Crippen LogP contribution in [-0.4, -0.2) is 68.9 Å². The maximum Gasteiger partial charge on any atom is 0.225 e. The Morgan fingerprint density at radius 1 is 1.25 bits per heavy atom. The van der Waals surface area contributed by atoms with Gasteiger partial charge in [0.05, 0.1) is 19.1 Å². The maximum atomic E-state index is 12.4. The fourth-order valence-electron chi connectivity index (χ4n) is 3.99. The van der Waals surface area contributed by atoms with Crippen molar-refractivity contribution < 1.29 is 9.53 Å². The summed E-state index contributed by atoms with van der Waals surface area (Å²) in [5.74, 6) is 2.41. The smallest absolute Gasteiger partial charge is 0.225 e. The molecule has 1 atom stereocenters. The molecular formula is C17H27N5O2. The van der Waals surface area contributed by atoms with Crippen molar-refractivity contribution >= 4 is 5.91 Å². The number of ether oxygens (including phenoxy) is 1. The quantitative estimate of drug-likeness (QED) is 0.816. The van der Waals surface area contributed by atoms with Crippen molar-refractivity contribution in [2.24, 2.45) is 0 Å². The molecule has 0 aliphatic carbocycles. The van der Waals surface area contributed by atoms with E-state index >= 15 is 0 Å². The van der Waals surface area contributed by atoms with Crippen molar-refractivity contribution in [3.8, 4) is 0 Å². The number of likely N-dealkylation sites (tertiary alicyclic amines) is 1. The minimum absolute atomic E-state index is 0.145. The molecule has 2 fully saturated rings. The van der Waals surface area contributed by atoms with Gasteiger partial charge in [-0.25, -0.2) is 0 Å². The molecule has 3 aliphatic heterocycles. The van der Waals surface area contributed by atoms with E-state index in [0.29, 0.717) is 12.5 Å². The molecule has 0 radical (unpaired) electrons. The summed E-state index contributed by atoms with van der Waals surface area (Å²) in [6.45, 7) is 7.47. The van der Waals surface area contributed by atoms with E-state index in [9.17, 15) is 4.79 Å². The number of carbonyl (C=O) groups is 1. The summed E-state index contributed by atoms with van der Waals surface area (Å²) in [5.41, 5.74) is 0. The molecule has 24 heavy (non-hydrogen) atoms.